The molecule has 0 radical (unpaired) electrons. The Morgan fingerprint density at radius 2 is 2.35 bits per heavy atom. The van der Waals surface area contributed by atoms with Crippen LogP contribution < -0.4 is 10.2 Å². The number of nitrogens with one attached hydrogen (secondary N) is 1. The Hall–Kier alpha value is -1.01. The van der Waals surface area contributed by atoms with Crippen molar-refractivity contribution in [1.29, 1.82) is 0 Å². The van der Waals surface area contributed by atoms with E-state index in [0.717, 1.165) is 42.8 Å². The Morgan fingerprint density at radius 3 is 3.05 bits per heavy atom. The van der Waals surface area contributed by atoms with Crippen LogP contribution in [-0.2, 0) is 0 Å². The molecule has 0 aliphatic carbocycles. The molecule has 0 amide bonds. The molecule has 1 aromatic rings. The van der Waals surface area contributed by atoms with Gasteiger partial charge in [-0.25, -0.2) is 9.97 Å². The molecular formula is C14H24N4OS. The number of nitrogens with zero attached hydrogens (tertiary/aromatic N) is 3. The van der Waals surface area contributed by atoms with Crippen LogP contribution in [0.25, 0.3) is 0 Å². The van der Waals surface area contributed by atoms with Crippen molar-refractivity contribution in [3.8, 4) is 0 Å². The van der Waals surface area contributed by atoms with Gasteiger partial charge in [-0.05, 0) is 38.4 Å². The van der Waals surface area contributed by atoms with E-state index in [9.17, 15) is 0 Å². The first-order valence-corrected chi connectivity index (χ1v) is 8.52. The minimum absolute atomic E-state index is 0.279. The summed E-state index contributed by atoms with van der Waals surface area (Å²) in [5, 5.41) is 13.2. The van der Waals surface area contributed by atoms with Gasteiger partial charge in [0.25, 0.3) is 0 Å². The van der Waals surface area contributed by atoms with Gasteiger partial charge in [0.2, 0.25) is 0 Å². The minimum atomic E-state index is 0.279. The van der Waals surface area contributed by atoms with E-state index in [2.05, 4.69) is 27.1 Å². The van der Waals surface area contributed by atoms with Crippen LogP contribution in [0.5, 0.6) is 0 Å². The molecule has 1 fully saturated rings. The Morgan fingerprint density at radius 1 is 1.50 bits per heavy atom. The first-order chi connectivity index (χ1) is 9.76. The molecule has 0 aromatic carbocycles. The Kier molecular flexibility index (Phi) is 5.91. The van der Waals surface area contributed by atoms with Gasteiger partial charge in [-0.2, -0.15) is 0 Å². The zero-order valence-corrected chi connectivity index (χ0v) is 13.1. The first kappa shape index (κ1) is 15.4. The second-order valence-electron chi connectivity index (χ2n) is 5.09. The van der Waals surface area contributed by atoms with Crippen LogP contribution in [-0.4, -0.2) is 47.6 Å². The van der Waals surface area contributed by atoms with E-state index < -0.39 is 0 Å². The predicted molar refractivity (Wildman–Crippen MR) is 84.6 cm³/mol. The molecule has 112 valence electrons. The number of aliphatic hydroxyl groups is 1. The van der Waals surface area contributed by atoms with Crippen LogP contribution in [0.2, 0.25) is 0 Å². The van der Waals surface area contributed by atoms with E-state index in [1.165, 1.54) is 12.8 Å². The lowest BCUT2D eigenvalue weighted by Gasteiger charge is -2.33. The van der Waals surface area contributed by atoms with Crippen molar-refractivity contribution >= 4 is 23.4 Å². The maximum Gasteiger partial charge on any atom is 0.191 e. The second-order valence-corrected chi connectivity index (χ2v) is 5.87. The molecule has 2 rings (SSSR count). The highest BCUT2D eigenvalue weighted by atomic mass is 32.2. The molecule has 1 unspecified atom stereocenters. The van der Waals surface area contributed by atoms with Crippen molar-refractivity contribution in [1.82, 2.24) is 9.97 Å². The fourth-order valence-electron chi connectivity index (χ4n) is 2.63. The van der Waals surface area contributed by atoms with Crippen LogP contribution >= 0.6 is 11.8 Å². The Labute approximate surface area is 125 Å². The smallest absolute Gasteiger partial charge is 0.191 e. The van der Waals surface area contributed by atoms with E-state index >= 15 is 0 Å². The molecule has 0 spiro atoms. The van der Waals surface area contributed by atoms with Crippen molar-refractivity contribution < 1.29 is 5.11 Å². The molecule has 2 heterocycles. The van der Waals surface area contributed by atoms with E-state index in [4.69, 9.17) is 5.11 Å². The van der Waals surface area contributed by atoms with Gasteiger partial charge in [0.1, 0.15) is 11.6 Å². The summed E-state index contributed by atoms with van der Waals surface area (Å²) in [6, 6.07) is 2.03. The van der Waals surface area contributed by atoms with Gasteiger partial charge in [-0.3, -0.25) is 0 Å². The highest BCUT2D eigenvalue weighted by molar-refractivity contribution is 7.98. The highest BCUT2D eigenvalue weighted by Gasteiger charge is 2.21. The predicted octanol–water partition coefficient (Wildman–Crippen LogP) is 2.23. The maximum absolute atomic E-state index is 9.11. The summed E-state index contributed by atoms with van der Waals surface area (Å²) in [7, 11) is 0. The van der Waals surface area contributed by atoms with E-state index in [-0.39, 0.29) is 6.61 Å². The quantitative estimate of drug-likeness (QED) is 0.620. The van der Waals surface area contributed by atoms with Crippen molar-refractivity contribution in [2.45, 2.75) is 31.3 Å². The van der Waals surface area contributed by atoms with Gasteiger partial charge in [0.05, 0.1) is 0 Å². The number of anilines is 2. The third kappa shape index (κ3) is 3.99. The fraction of sp³-hybridized carbons (Fsp3) is 0.714. The van der Waals surface area contributed by atoms with E-state index in [1.54, 1.807) is 11.8 Å². The van der Waals surface area contributed by atoms with Crippen LogP contribution in [0.3, 0.4) is 0 Å². The standard InChI is InChI=1S/C14H24N4OS/c1-3-15-12-9-13(17-14(16-12)20-2)18-7-4-5-11(10-18)6-8-19/h9,11,19H,3-8,10H2,1-2H3,(H,15,16,17). The summed E-state index contributed by atoms with van der Waals surface area (Å²) < 4.78 is 0. The molecule has 1 saturated heterocycles. The van der Waals surface area contributed by atoms with E-state index in [1.807, 2.05) is 12.3 Å². The van der Waals surface area contributed by atoms with Gasteiger partial charge in [-0.15, -0.1) is 0 Å². The van der Waals surface area contributed by atoms with Crippen molar-refractivity contribution in [3.05, 3.63) is 6.07 Å². The average molecular weight is 296 g/mol. The molecule has 6 heteroatoms. The Bertz CT molecular complexity index is 428. The van der Waals surface area contributed by atoms with Gasteiger partial charge in [-0.1, -0.05) is 11.8 Å². The van der Waals surface area contributed by atoms with E-state index in [0.29, 0.717) is 5.92 Å². The largest absolute Gasteiger partial charge is 0.396 e. The van der Waals surface area contributed by atoms with Gasteiger partial charge in [0, 0.05) is 32.3 Å². The Balaban J connectivity index is 2.15. The lowest BCUT2D eigenvalue weighted by Crippen LogP contribution is -2.36. The van der Waals surface area contributed by atoms with Crippen LogP contribution in [0.4, 0.5) is 11.6 Å². The molecule has 2 N–H and O–H groups in total. The monoisotopic (exact) mass is 296 g/mol. The molecular weight excluding hydrogens is 272 g/mol. The van der Waals surface area contributed by atoms with Crippen molar-refractivity contribution in [3.63, 3.8) is 0 Å². The van der Waals surface area contributed by atoms with Crippen LogP contribution in [0, 0.1) is 5.92 Å². The molecule has 0 bridgehead atoms. The fourth-order valence-corrected chi connectivity index (χ4v) is 3.00. The molecule has 0 saturated carbocycles. The topological polar surface area (TPSA) is 61.3 Å². The zero-order chi connectivity index (χ0) is 14.4. The number of piperidine rings is 1. The van der Waals surface area contributed by atoms with Crippen LogP contribution in [0.1, 0.15) is 26.2 Å². The van der Waals surface area contributed by atoms with Gasteiger partial charge in [0.15, 0.2) is 5.16 Å². The van der Waals surface area contributed by atoms with Gasteiger partial charge < -0.3 is 15.3 Å². The summed E-state index contributed by atoms with van der Waals surface area (Å²) in [5.74, 6) is 2.47. The molecule has 1 aliphatic heterocycles. The maximum atomic E-state index is 9.11. The van der Waals surface area contributed by atoms with Crippen molar-refractivity contribution in [2.24, 2.45) is 5.92 Å². The second kappa shape index (κ2) is 7.69. The lowest BCUT2D eigenvalue weighted by atomic mass is 9.95. The first-order valence-electron chi connectivity index (χ1n) is 7.29. The van der Waals surface area contributed by atoms with Crippen molar-refractivity contribution in [2.75, 3.05) is 42.7 Å². The zero-order valence-electron chi connectivity index (χ0n) is 12.3. The molecule has 1 aliphatic rings. The van der Waals surface area contributed by atoms with Crippen LogP contribution in [0.15, 0.2) is 11.2 Å². The van der Waals surface area contributed by atoms with Gasteiger partial charge >= 0.3 is 0 Å². The average Bonchev–Trinajstić information content (AvgIpc) is 2.48. The number of hydrogen-bond acceptors (Lipinski definition) is 6. The molecule has 1 aromatic heterocycles. The summed E-state index contributed by atoms with van der Waals surface area (Å²) in [4.78, 5) is 11.4. The number of aliphatic hydroxyl groups excluding tert-OH is 1. The minimum Gasteiger partial charge on any atom is -0.396 e. The third-order valence-corrected chi connectivity index (χ3v) is 4.16. The molecule has 5 nitrogen and oxygen atoms in total. The summed E-state index contributed by atoms with van der Waals surface area (Å²) in [6.45, 7) is 5.23. The number of thioether (sulfide) groups is 1. The SMILES string of the molecule is CCNc1cc(N2CCCC(CCO)C2)nc(SC)n1. The third-order valence-electron chi connectivity index (χ3n) is 3.61. The number of hydrogen-bond donors (Lipinski definition) is 2. The molecule has 20 heavy (non-hydrogen) atoms. The lowest BCUT2D eigenvalue weighted by molar-refractivity contribution is 0.244. The summed E-state index contributed by atoms with van der Waals surface area (Å²) in [6.07, 6.45) is 5.26. The normalized spacial score (nSPS) is 19.1. The summed E-state index contributed by atoms with van der Waals surface area (Å²) in [5.41, 5.74) is 0. The molecule has 1 atom stereocenters. The summed E-state index contributed by atoms with van der Waals surface area (Å²) >= 11 is 1.57. The number of aromatic nitrogens is 2. The number of rotatable bonds is 6. The highest BCUT2D eigenvalue weighted by Crippen LogP contribution is 2.26.